The number of hydrogen-bond acceptors (Lipinski definition) is 4. The van der Waals surface area contributed by atoms with Gasteiger partial charge in [0.2, 0.25) is 0 Å². The molecular weight excluding hydrogens is 521 g/mol. The van der Waals surface area contributed by atoms with Crippen molar-refractivity contribution in [3.05, 3.63) is 123 Å². The molecule has 0 saturated carbocycles. The van der Waals surface area contributed by atoms with Gasteiger partial charge in [-0.05, 0) is 65.1 Å². The second-order valence-electron chi connectivity index (χ2n) is 9.23. The second-order valence-corrected chi connectivity index (χ2v) is 10.1. The lowest BCUT2D eigenvalue weighted by atomic mass is 9.82. The quantitative estimate of drug-likeness (QED) is 0.241. The predicted octanol–water partition coefficient (Wildman–Crippen LogP) is 6.03. The van der Waals surface area contributed by atoms with Gasteiger partial charge in [0, 0.05) is 48.8 Å². The van der Waals surface area contributed by atoms with Crippen LogP contribution >= 0.6 is 23.2 Å². The smallest absolute Gasteiger partial charge is 0.251 e. The topological polar surface area (TPSA) is 69.3 Å². The van der Waals surface area contributed by atoms with Crippen LogP contribution < -0.4 is 5.56 Å². The Morgan fingerprint density at radius 3 is 2.47 bits per heavy atom. The Hall–Kier alpha value is -3.42. The molecule has 2 aromatic heterocycles. The number of aliphatic hydroxyl groups is 1. The molecule has 1 atom stereocenters. The van der Waals surface area contributed by atoms with E-state index in [-0.39, 0.29) is 5.56 Å². The van der Waals surface area contributed by atoms with Crippen LogP contribution in [-0.2, 0) is 23.9 Å². The Kier molecular flexibility index (Phi) is 7.41. The van der Waals surface area contributed by atoms with E-state index in [1.807, 2.05) is 53.1 Å². The van der Waals surface area contributed by atoms with Gasteiger partial charge in [-0.2, -0.15) is 0 Å². The van der Waals surface area contributed by atoms with Gasteiger partial charge in [-0.1, -0.05) is 53.5 Å². The number of benzene rings is 3. The third-order valence-electron chi connectivity index (χ3n) is 6.89. The molecule has 3 aromatic carbocycles. The van der Waals surface area contributed by atoms with Crippen molar-refractivity contribution in [3.8, 4) is 11.1 Å². The summed E-state index contributed by atoms with van der Waals surface area (Å²) in [5.74, 6) is 0. The van der Waals surface area contributed by atoms with Crippen molar-refractivity contribution in [2.45, 2.75) is 18.6 Å². The van der Waals surface area contributed by atoms with Gasteiger partial charge < -0.3 is 19.0 Å². The molecule has 0 amide bonds. The van der Waals surface area contributed by atoms with E-state index in [1.54, 1.807) is 55.5 Å². The van der Waals surface area contributed by atoms with Crippen molar-refractivity contribution in [2.75, 3.05) is 13.7 Å². The van der Waals surface area contributed by atoms with Crippen LogP contribution in [0, 0.1) is 0 Å². The SMILES string of the molecule is COCCCn1cncc1C(O)(c1ccc(Cl)cc1)c1ccc2c(c1)c(-c1cccc(Cl)c1)cc(=O)n2C. The number of rotatable bonds is 8. The summed E-state index contributed by atoms with van der Waals surface area (Å²) in [5.41, 5.74) is 2.49. The van der Waals surface area contributed by atoms with E-state index in [9.17, 15) is 9.90 Å². The molecule has 0 aliphatic heterocycles. The molecule has 2 heterocycles. The van der Waals surface area contributed by atoms with Crippen LogP contribution in [-0.4, -0.2) is 32.9 Å². The summed E-state index contributed by atoms with van der Waals surface area (Å²) < 4.78 is 8.77. The fraction of sp³-hybridized carbons (Fsp3) is 0.200. The van der Waals surface area contributed by atoms with E-state index in [1.165, 1.54) is 0 Å². The van der Waals surface area contributed by atoms with E-state index >= 15 is 0 Å². The Balaban J connectivity index is 1.77. The zero-order valence-electron chi connectivity index (χ0n) is 21.1. The van der Waals surface area contributed by atoms with Crippen molar-refractivity contribution in [1.82, 2.24) is 14.1 Å². The van der Waals surface area contributed by atoms with Gasteiger partial charge in [0.1, 0.15) is 0 Å². The highest BCUT2D eigenvalue weighted by molar-refractivity contribution is 6.31. The summed E-state index contributed by atoms with van der Waals surface area (Å²) in [4.78, 5) is 17.2. The van der Waals surface area contributed by atoms with Gasteiger partial charge in [-0.15, -0.1) is 0 Å². The molecule has 0 fully saturated rings. The number of hydrogen-bond donors (Lipinski definition) is 1. The maximum Gasteiger partial charge on any atom is 0.251 e. The summed E-state index contributed by atoms with van der Waals surface area (Å²) >= 11 is 12.5. The minimum absolute atomic E-state index is 0.135. The number of ether oxygens (including phenoxy) is 1. The van der Waals surface area contributed by atoms with Gasteiger partial charge >= 0.3 is 0 Å². The normalized spacial score (nSPS) is 13.1. The summed E-state index contributed by atoms with van der Waals surface area (Å²) in [6.07, 6.45) is 4.16. The predicted molar refractivity (Wildman–Crippen MR) is 152 cm³/mol. The van der Waals surface area contributed by atoms with Crippen LogP contribution in [0.4, 0.5) is 0 Å². The van der Waals surface area contributed by atoms with E-state index in [2.05, 4.69) is 4.98 Å². The van der Waals surface area contributed by atoms with Crippen molar-refractivity contribution in [1.29, 1.82) is 0 Å². The lowest BCUT2D eigenvalue weighted by molar-refractivity contribution is 0.115. The molecule has 1 unspecified atom stereocenters. The summed E-state index contributed by atoms with van der Waals surface area (Å²) in [7, 11) is 3.40. The van der Waals surface area contributed by atoms with Crippen molar-refractivity contribution in [2.24, 2.45) is 7.05 Å². The minimum Gasteiger partial charge on any atom is -0.385 e. The Morgan fingerprint density at radius 1 is 0.974 bits per heavy atom. The first-order valence-electron chi connectivity index (χ1n) is 12.2. The van der Waals surface area contributed by atoms with E-state index in [0.717, 1.165) is 28.5 Å². The van der Waals surface area contributed by atoms with Crippen LogP contribution in [0.3, 0.4) is 0 Å². The lowest BCUT2D eigenvalue weighted by Gasteiger charge is -2.31. The maximum atomic E-state index is 12.9. The molecule has 0 saturated heterocycles. The highest BCUT2D eigenvalue weighted by atomic mass is 35.5. The molecule has 38 heavy (non-hydrogen) atoms. The lowest BCUT2D eigenvalue weighted by Crippen LogP contribution is -2.32. The third kappa shape index (κ3) is 4.76. The minimum atomic E-state index is -1.55. The number of fused-ring (bicyclic) bond motifs is 1. The third-order valence-corrected chi connectivity index (χ3v) is 7.38. The van der Waals surface area contributed by atoms with E-state index in [0.29, 0.717) is 40.0 Å². The van der Waals surface area contributed by atoms with Crippen LogP contribution in [0.2, 0.25) is 10.0 Å². The highest BCUT2D eigenvalue weighted by Crippen LogP contribution is 2.40. The van der Waals surface area contributed by atoms with E-state index in [4.69, 9.17) is 27.9 Å². The van der Waals surface area contributed by atoms with Gasteiger partial charge in [-0.25, -0.2) is 4.98 Å². The first-order valence-corrected chi connectivity index (χ1v) is 13.0. The van der Waals surface area contributed by atoms with Crippen LogP contribution in [0.25, 0.3) is 22.0 Å². The molecular formula is C30H27Cl2N3O3. The molecule has 5 aromatic rings. The van der Waals surface area contributed by atoms with Gasteiger partial charge in [0.15, 0.2) is 5.60 Å². The number of pyridine rings is 1. The first kappa shape index (κ1) is 26.2. The fourth-order valence-electron chi connectivity index (χ4n) is 4.91. The van der Waals surface area contributed by atoms with E-state index < -0.39 is 5.60 Å². The van der Waals surface area contributed by atoms with Crippen LogP contribution in [0.15, 0.2) is 90.1 Å². The number of halogens is 2. The molecule has 194 valence electrons. The number of methoxy groups -OCH3 is 1. The summed E-state index contributed by atoms with van der Waals surface area (Å²) in [6.45, 7) is 1.21. The number of nitrogens with zero attached hydrogens (tertiary/aromatic N) is 3. The first-order chi connectivity index (χ1) is 18.3. The molecule has 1 N–H and O–H groups in total. The number of aromatic nitrogens is 3. The Morgan fingerprint density at radius 2 is 1.74 bits per heavy atom. The molecule has 0 spiro atoms. The Labute approximate surface area is 230 Å². The maximum absolute atomic E-state index is 12.9. The average molecular weight is 548 g/mol. The van der Waals surface area contributed by atoms with Crippen LogP contribution in [0.5, 0.6) is 0 Å². The van der Waals surface area contributed by atoms with Crippen molar-refractivity contribution >= 4 is 34.1 Å². The average Bonchev–Trinajstić information content (AvgIpc) is 3.40. The molecule has 0 aliphatic rings. The van der Waals surface area contributed by atoms with Crippen molar-refractivity contribution < 1.29 is 9.84 Å². The highest BCUT2D eigenvalue weighted by Gasteiger charge is 2.37. The van der Waals surface area contributed by atoms with Crippen LogP contribution in [0.1, 0.15) is 23.2 Å². The second kappa shape index (κ2) is 10.8. The van der Waals surface area contributed by atoms with Gasteiger partial charge in [0.05, 0.1) is 23.7 Å². The fourth-order valence-corrected chi connectivity index (χ4v) is 5.23. The zero-order valence-corrected chi connectivity index (χ0v) is 22.6. The molecule has 0 bridgehead atoms. The monoisotopic (exact) mass is 547 g/mol. The summed E-state index contributed by atoms with van der Waals surface area (Å²) in [6, 6.07) is 21.8. The van der Waals surface area contributed by atoms with Gasteiger partial charge in [-0.3, -0.25) is 4.79 Å². The zero-order chi connectivity index (χ0) is 26.9. The number of imidazole rings is 1. The summed E-state index contributed by atoms with van der Waals surface area (Å²) in [5, 5.41) is 14.6. The number of aryl methyl sites for hydroxylation is 2. The molecule has 6 nitrogen and oxygen atoms in total. The van der Waals surface area contributed by atoms with Gasteiger partial charge in [0.25, 0.3) is 5.56 Å². The molecule has 5 rings (SSSR count). The molecule has 0 aliphatic carbocycles. The Bertz CT molecular complexity index is 1660. The standard InChI is InChI=1S/C30H27Cl2N3O3/c1-34-27-12-9-22(16-26(27)25(17-29(34)36)20-5-3-6-24(32)15-20)30(37,21-7-10-23(31)11-8-21)28-18-33-19-35(28)13-4-14-38-2/h3,5-12,15-19,37H,4,13-14H2,1-2H3. The molecule has 0 radical (unpaired) electrons. The largest absolute Gasteiger partial charge is 0.385 e. The molecule has 8 heteroatoms. The van der Waals surface area contributed by atoms with Crippen molar-refractivity contribution in [3.63, 3.8) is 0 Å².